The number of primary amides is 1. The first-order chi connectivity index (χ1) is 17.6. The van der Waals surface area contributed by atoms with E-state index in [4.69, 9.17) is 38.7 Å². The van der Waals surface area contributed by atoms with E-state index < -0.39 is 5.82 Å². The molecule has 4 N–H and O–H groups in total. The standard InChI is InChI=1S/C25H30Cl2FN7O2/c1-25(2)12-37-8-7-19(25)32-23-30-11-18-22(34-23)35(15-5-3-13(4-6-15)21(29)36)24(31-18)33-20-16(27)9-14(26)10-17(20)28/h9-11,13,15,19H,3-8,12H2,1-2H3,(H2,29,36)(H,31,33)(H,30,32,34)/t13-,15+,19-/m1/s1. The third kappa shape index (κ3) is 5.32. The minimum atomic E-state index is -0.594. The number of carbonyl (C=O) groups excluding carboxylic acids is 1. The highest BCUT2D eigenvalue weighted by atomic mass is 35.5. The summed E-state index contributed by atoms with van der Waals surface area (Å²) in [5.74, 6) is -0.160. The Kier molecular flexibility index (Phi) is 7.17. The predicted molar refractivity (Wildman–Crippen MR) is 142 cm³/mol. The van der Waals surface area contributed by atoms with Crippen LogP contribution >= 0.6 is 23.2 Å². The van der Waals surface area contributed by atoms with Crippen molar-refractivity contribution < 1.29 is 13.9 Å². The molecule has 1 aliphatic heterocycles. The zero-order valence-electron chi connectivity index (χ0n) is 20.7. The number of nitrogens with one attached hydrogen (secondary N) is 2. The van der Waals surface area contributed by atoms with Crippen molar-refractivity contribution in [2.75, 3.05) is 23.8 Å². The molecule has 3 aromatic rings. The van der Waals surface area contributed by atoms with Crippen LogP contribution in [0.5, 0.6) is 0 Å². The molecule has 198 valence electrons. The lowest BCUT2D eigenvalue weighted by atomic mass is 9.82. The highest BCUT2D eigenvalue weighted by Crippen LogP contribution is 2.39. The lowest BCUT2D eigenvalue weighted by molar-refractivity contribution is -0.122. The van der Waals surface area contributed by atoms with Crippen molar-refractivity contribution >= 4 is 57.9 Å². The number of nitrogens with zero attached hydrogens (tertiary/aromatic N) is 4. The fraction of sp³-hybridized carbons (Fsp3) is 0.520. The Labute approximate surface area is 224 Å². The summed E-state index contributed by atoms with van der Waals surface area (Å²) in [7, 11) is 0. The van der Waals surface area contributed by atoms with Crippen LogP contribution in [0.25, 0.3) is 11.2 Å². The van der Waals surface area contributed by atoms with Gasteiger partial charge in [-0.05, 0) is 44.2 Å². The molecule has 2 aliphatic rings. The fourth-order valence-corrected chi connectivity index (χ4v) is 5.75. The molecule has 2 aromatic heterocycles. The molecule has 5 rings (SSSR count). The number of amides is 1. The number of hydrogen-bond acceptors (Lipinski definition) is 7. The van der Waals surface area contributed by atoms with E-state index in [0.717, 1.165) is 6.42 Å². The van der Waals surface area contributed by atoms with Gasteiger partial charge in [-0.15, -0.1) is 0 Å². The molecular formula is C25H30Cl2FN7O2. The molecular weight excluding hydrogens is 520 g/mol. The van der Waals surface area contributed by atoms with E-state index >= 15 is 0 Å². The smallest absolute Gasteiger partial charge is 0.225 e. The lowest BCUT2D eigenvalue weighted by Crippen LogP contribution is -2.44. The SMILES string of the molecule is CC1(C)COCC[C@H]1Nc1ncc2nc(Nc3c(F)cc(Cl)cc3Cl)n([C@H]3CC[C@@H](C(N)=O)CC3)c2n1. The summed E-state index contributed by atoms with van der Waals surface area (Å²) in [5.41, 5.74) is 6.71. The number of fused-ring (bicyclic) bond motifs is 1. The van der Waals surface area contributed by atoms with Gasteiger partial charge in [0.25, 0.3) is 0 Å². The number of hydrogen-bond donors (Lipinski definition) is 3. The van der Waals surface area contributed by atoms with E-state index in [1.165, 1.54) is 12.1 Å². The van der Waals surface area contributed by atoms with Crippen molar-refractivity contribution in [3.63, 3.8) is 0 Å². The van der Waals surface area contributed by atoms with Crippen LogP contribution in [0.2, 0.25) is 10.0 Å². The van der Waals surface area contributed by atoms with Crippen LogP contribution in [0.3, 0.4) is 0 Å². The fourth-order valence-electron chi connectivity index (χ4n) is 5.24. The van der Waals surface area contributed by atoms with Crippen molar-refractivity contribution in [1.29, 1.82) is 0 Å². The molecule has 9 nitrogen and oxygen atoms in total. The predicted octanol–water partition coefficient (Wildman–Crippen LogP) is 5.46. The summed E-state index contributed by atoms with van der Waals surface area (Å²) in [6.07, 6.45) is 5.21. The second-order valence-corrected chi connectivity index (χ2v) is 11.4. The molecule has 1 saturated heterocycles. The minimum Gasteiger partial charge on any atom is -0.381 e. The molecule has 1 amide bonds. The van der Waals surface area contributed by atoms with Crippen LogP contribution in [-0.2, 0) is 9.53 Å². The largest absolute Gasteiger partial charge is 0.381 e. The highest BCUT2D eigenvalue weighted by Gasteiger charge is 2.34. The first kappa shape index (κ1) is 25.9. The second kappa shape index (κ2) is 10.2. The monoisotopic (exact) mass is 549 g/mol. The summed E-state index contributed by atoms with van der Waals surface area (Å²) in [6, 6.07) is 2.77. The first-order valence-corrected chi connectivity index (χ1v) is 13.2. The number of imidazole rings is 1. The van der Waals surface area contributed by atoms with Crippen molar-refractivity contribution in [3.05, 3.63) is 34.2 Å². The van der Waals surface area contributed by atoms with Crippen LogP contribution in [0.4, 0.5) is 22.0 Å². The van der Waals surface area contributed by atoms with Crippen LogP contribution < -0.4 is 16.4 Å². The molecule has 37 heavy (non-hydrogen) atoms. The molecule has 0 spiro atoms. The summed E-state index contributed by atoms with van der Waals surface area (Å²) >= 11 is 12.3. The Balaban J connectivity index is 1.53. The third-order valence-electron chi connectivity index (χ3n) is 7.41. The van der Waals surface area contributed by atoms with Crippen LogP contribution in [0, 0.1) is 17.2 Å². The quantitative estimate of drug-likeness (QED) is 0.373. The van der Waals surface area contributed by atoms with Gasteiger partial charge >= 0.3 is 0 Å². The maximum atomic E-state index is 14.8. The van der Waals surface area contributed by atoms with Gasteiger partial charge in [0.2, 0.25) is 17.8 Å². The number of aromatic nitrogens is 4. The van der Waals surface area contributed by atoms with Gasteiger partial charge in [0, 0.05) is 35.0 Å². The van der Waals surface area contributed by atoms with E-state index in [-0.39, 0.29) is 45.1 Å². The lowest BCUT2D eigenvalue weighted by Gasteiger charge is -2.38. The maximum Gasteiger partial charge on any atom is 0.225 e. The number of anilines is 3. The molecule has 0 radical (unpaired) electrons. The van der Waals surface area contributed by atoms with Crippen LogP contribution in [-0.4, -0.2) is 44.7 Å². The Morgan fingerprint density at radius 3 is 2.62 bits per heavy atom. The van der Waals surface area contributed by atoms with Crippen LogP contribution in [0.15, 0.2) is 18.3 Å². The molecule has 1 aliphatic carbocycles. The van der Waals surface area contributed by atoms with E-state index in [9.17, 15) is 9.18 Å². The first-order valence-electron chi connectivity index (χ1n) is 12.4. The number of ether oxygens (including phenoxy) is 1. The summed E-state index contributed by atoms with van der Waals surface area (Å²) in [5, 5.41) is 6.87. The van der Waals surface area contributed by atoms with E-state index in [1.807, 2.05) is 4.57 Å². The summed E-state index contributed by atoms with van der Waals surface area (Å²) < 4.78 is 22.4. The average Bonchev–Trinajstić information content (AvgIpc) is 3.20. The van der Waals surface area contributed by atoms with Gasteiger partial charge in [-0.3, -0.25) is 9.36 Å². The van der Waals surface area contributed by atoms with E-state index in [0.29, 0.717) is 62.0 Å². The van der Waals surface area contributed by atoms with Gasteiger partial charge in [0.05, 0.1) is 23.5 Å². The number of carbonyl (C=O) groups is 1. The minimum absolute atomic E-state index is 0.0282. The van der Waals surface area contributed by atoms with Gasteiger partial charge in [0.1, 0.15) is 11.3 Å². The topological polar surface area (TPSA) is 120 Å². The van der Waals surface area contributed by atoms with Crippen molar-refractivity contribution in [2.24, 2.45) is 17.1 Å². The molecule has 1 saturated carbocycles. The number of halogens is 3. The van der Waals surface area contributed by atoms with Gasteiger partial charge in [0.15, 0.2) is 5.65 Å². The molecule has 1 atom stereocenters. The zero-order chi connectivity index (χ0) is 26.3. The molecule has 0 unspecified atom stereocenters. The number of rotatable bonds is 6. The Hall–Kier alpha value is -2.69. The summed E-state index contributed by atoms with van der Waals surface area (Å²) in [4.78, 5) is 25.8. The highest BCUT2D eigenvalue weighted by molar-refractivity contribution is 6.36. The molecule has 0 bridgehead atoms. The Morgan fingerprint density at radius 1 is 1.19 bits per heavy atom. The van der Waals surface area contributed by atoms with Gasteiger partial charge in [-0.25, -0.2) is 14.4 Å². The van der Waals surface area contributed by atoms with E-state index in [2.05, 4.69) is 34.4 Å². The number of nitrogens with two attached hydrogens (primary N) is 1. The maximum absolute atomic E-state index is 14.8. The average molecular weight is 550 g/mol. The van der Waals surface area contributed by atoms with Crippen molar-refractivity contribution in [3.8, 4) is 0 Å². The molecule has 3 heterocycles. The van der Waals surface area contributed by atoms with Gasteiger partial charge in [-0.2, -0.15) is 4.98 Å². The van der Waals surface area contributed by atoms with Gasteiger partial charge in [-0.1, -0.05) is 37.0 Å². The van der Waals surface area contributed by atoms with Crippen molar-refractivity contribution in [1.82, 2.24) is 19.5 Å². The Morgan fingerprint density at radius 2 is 1.95 bits per heavy atom. The summed E-state index contributed by atoms with van der Waals surface area (Å²) in [6.45, 7) is 5.62. The number of benzene rings is 1. The molecule has 2 fully saturated rings. The molecule has 1 aromatic carbocycles. The van der Waals surface area contributed by atoms with Crippen LogP contribution in [0.1, 0.15) is 52.0 Å². The third-order valence-corrected chi connectivity index (χ3v) is 7.93. The molecule has 12 heteroatoms. The van der Waals surface area contributed by atoms with Gasteiger partial charge < -0.3 is 21.1 Å². The zero-order valence-corrected chi connectivity index (χ0v) is 22.2. The Bertz CT molecular complexity index is 1300. The van der Waals surface area contributed by atoms with E-state index in [1.54, 1.807) is 6.20 Å². The normalized spacial score (nSPS) is 23.6. The van der Waals surface area contributed by atoms with Crippen molar-refractivity contribution in [2.45, 2.75) is 58.0 Å². The second-order valence-electron chi connectivity index (χ2n) is 10.5.